The zero-order valence-electron chi connectivity index (χ0n) is 7.73. The Morgan fingerprint density at radius 1 is 1.54 bits per heavy atom. The minimum absolute atomic E-state index is 0.355. The minimum atomic E-state index is -0.355. The van der Waals surface area contributed by atoms with E-state index in [1.807, 2.05) is 0 Å². The van der Waals surface area contributed by atoms with E-state index >= 15 is 0 Å². The second-order valence-electron chi connectivity index (χ2n) is 3.09. The number of aryl methyl sites for hydroxylation is 1. The first kappa shape index (κ1) is 9.65. The summed E-state index contributed by atoms with van der Waals surface area (Å²) in [6, 6.07) is 2.88. The SMILES string of the molecule is C=C(C)c1cc(C)c(F)cc1C=O. The highest BCUT2D eigenvalue weighted by Crippen LogP contribution is 2.19. The van der Waals surface area contributed by atoms with E-state index in [2.05, 4.69) is 6.58 Å². The molecule has 0 unspecified atom stereocenters. The van der Waals surface area contributed by atoms with Crippen molar-refractivity contribution in [1.82, 2.24) is 0 Å². The molecule has 0 radical (unpaired) electrons. The number of carbonyl (C=O) groups excluding carboxylic acids is 1. The van der Waals surface area contributed by atoms with E-state index in [0.29, 0.717) is 23.0 Å². The zero-order valence-corrected chi connectivity index (χ0v) is 7.73. The summed E-state index contributed by atoms with van der Waals surface area (Å²) < 4.78 is 13.0. The Morgan fingerprint density at radius 3 is 2.62 bits per heavy atom. The van der Waals surface area contributed by atoms with Crippen molar-refractivity contribution in [2.45, 2.75) is 13.8 Å². The van der Waals surface area contributed by atoms with Gasteiger partial charge in [-0.2, -0.15) is 0 Å². The molecule has 0 fully saturated rings. The Labute approximate surface area is 76.9 Å². The third-order valence-corrected chi connectivity index (χ3v) is 1.92. The lowest BCUT2D eigenvalue weighted by molar-refractivity contribution is 0.112. The molecule has 1 rings (SSSR count). The lowest BCUT2D eigenvalue weighted by Crippen LogP contribution is -1.94. The van der Waals surface area contributed by atoms with Crippen LogP contribution in [0.4, 0.5) is 4.39 Å². The summed E-state index contributed by atoms with van der Waals surface area (Å²) in [7, 11) is 0. The molecule has 13 heavy (non-hydrogen) atoms. The maximum absolute atomic E-state index is 13.0. The molecule has 1 aromatic rings. The number of hydrogen-bond acceptors (Lipinski definition) is 1. The Kier molecular flexibility index (Phi) is 2.61. The molecule has 2 heteroatoms. The minimum Gasteiger partial charge on any atom is -0.298 e. The summed E-state index contributed by atoms with van der Waals surface area (Å²) in [5.74, 6) is -0.355. The summed E-state index contributed by atoms with van der Waals surface area (Å²) in [6.45, 7) is 7.18. The van der Waals surface area contributed by atoms with Crippen LogP contribution in [-0.4, -0.2) is 6.29 Å². The van der Waals surface area contributed by atoms with E-state index in [0.717, 1.165) is 5.57 Å². The van der Waals surface area contributed by atoms with Gasteiger partial charge in [0.05, 0.1) is 0 Å². The van der Waals surface area contributed by atoms with Gasteiger partial charge >= 0.3 is 0 Å². The van der Waals surface area contributed by atoms with Crippen molar-refractivity contribution in [1.29, 1.82) is 0 Å². The van der Waals surface area contributed by atoms with Crippen LogP contribution in [0, 0.1) is 12.7 Å². The van der Waals surface area contributed by atoms with Crippen LogP contribution in [0.5, 0.6) is 0 Å². The van der Waals surface area contributed by atoms with Gasteiger partial charge in [0.1, 0.15) is 5.82 Å². The first-order chi connectivity index (χ1) is 6.06. The normalized spacial score (nSPS) is 9.77. The zero-order chi connectivity index (χ0) is 10.0. The van der Waals surface area contributed by atoms with Gasteiger partial charge in [0.15, 0.2) is 6.29 Å². The van der Waals surface area contributed by atoms with Crippen LogP contribution >= 0.6 is 0 Å². The standard InChI is InChI=1S/C11H11FO/c1-7(2)10-4-8(3)11(12)5-9(10)6-13/h4-6H,1H2,2-3H3. The Balaban J connectivity index is 3.41. The number of halogens is 1. The van der Waals surface area contributed by atoms with Crippen LogP contribution in [0.25, 0.3) is 5.57 Å². The highest BCUT2D eigenvalue weighted by Gasteiger charge is 2.06. The number of rotatable bonds is 2. The first-order valence-electron chi connectivity index (χ1n) is 3.97. The number of benzene rings is 1. The number of aldehydes is 1. The summed E-state index contributed by atoms with van der Waals surface area (Å²) in [6.07, 6.45) is 0.645. The fraction of sp³-hybridized carbons (Fsp3) is 0.182. The van der Waals surface area contributed by atoms with Crippen LogP contribution in [0.1, 0.15) is 28.4 Å². The summed E-state index contributed by atoms with van der Waals surface area (Å²) >= 11 is 0. The van der Waals surface area contributed by atoms with Crippen molar-refractivity contribution >= 4 is 11.9 Å². The molecule has 1 nitrogen and oxygen atoms in total. The first-order valence-corrected chi connectivity index (χ1v) is 3.97. The third-order valence-electron chi connectivity index (χ3n) is 1.92. The molecule has 0 aliphatic heterocycles. The predicted molar refractivity (Wildman–Crippen MR) is 51.2 cm³/mol. The quantitative estimate of drug-likeness (QED) is 0.636. The molecule has 0 bridgehead atoms. The number of allylic oxidation sites excluding steroid dienone is 1. The van der Waals surface area contributed by atoms with Crippen LogP contribution in [0.3, 0.4) is 0 Å². The third kappa shape index (κ3) is 1.83. The maximum atomic E-state index is 13.0. The summed E-state index contributed by atoms with van der Waals surface area (Å²) in [4.78, 5) is 10.6. The van der Waals surface area contributed by atoms with E-state index in [1.54, 1.807) is 19.9 Å². The fourth-order valence-electron chi connectivity index (χ4n) is 1.16. The van der Waals surface area contributed by atoms with E-state index < -0.39 is 0 Å². The molecule has 0 aromatic heterocycles. The van der Waals surface area contributed by atoms with Gasteiger partial charge in [0, 0.05) is 5.56 Å². The molecule has 0 aliphatic rings. The highest BCUT2D eigenvalue weighted by molar-refractivity contribution is 5.84. The van der Waals surface area contributed by atoms with Crippen LogP contribution in [0.15, 0.2) is 18.7 Å². The summed E-state index contributed by atoms with van der Waals surface area (Å²) in [5.41, 5.74) is 2.37. The Hall–Kier alpha value is -1.44. The van der Waals surface area contributed by atoms with E-state index in [4.69, 9.17) is 0 Å². The van der Waals surface area contributed by atoms with Gasteiger partial charge in [-0.15, -0.1) is 0 Å². The molecule has 0 spiro atoms. The Morgan fingerprint density at radius 2 is 2.15 bits per heavy atom. The van der Waals surface area contributed by atoms with Crippen molar-refractivity contribution in [2.75, 3.05) is 0 Å². The van der Waals surface area contributed by atoms with Gasteiger partial charge in [-0.1, -0.05) is 12.2 Å². The average Bonchev–Trinajstić information content (AvgIpc) is 2.08. The molecular formula is C11H11FO. The average molecular weight is 178 g/mol. The van der Waals surface area contributed by atoms with Gasteiger partial charge in [-0.05, 0) is 37.1 Å². The molecule has 68 valence electrons. The smallest absolute Gasteiger partial charge is 0.150 e. The molecule has 0 N–H and O–H groups in total. The Bertz CT molecular complexity index is 367. The van der Waals surface area contributed by atoms with Crippen LogP contribution in [-0.2, 0) is 0 Å². The molecule has 0 heterocycles. The molecule has 0 atom stereocenters. The number of carbonyl (C=O) groups is 1. The van der Waals surface area contributed by atoms with Gasteiger partial charge in [0.25, 0.3) is 0 Å². The lowest BCUT2D eigenvalue weighted by atomic mass is 10.00. The predicted octanol–water partition coefficient (Wildman–Crippen LogP) is 2.98. The number of hydrogen-bond donors (Lipinski definition) is 0. The monoisotopic (exact) mass is 178 g/mol. The molecule has 0 saturated heterocycles. The summed E-state index contributed by atoms with van der Waals surface area (Å²) in [5, 5.41) is 0. The van der Waals surface area contributed by atoms with E-state index in [9.17, 15) is 9.18 Å². The van der Waals surface area contributed by atoms with Crippen LogP contribution < -0.4 is 0 Å². The second kappa shape index (κ2) is 3.52. The molecule has 0 aliphatic carbocycles. The molecule has 0 amide bonds. The topological polar surface area (TPSA) is 17.1 Å². The fourth-order valence-corrected chi connectivity index (χ4v) is 1.16. The van der Waals surface area contributed by atoms with Crippen molar-refractivity contribution in [2.24, 2.45) is 0 Å². The van der Waals surface area contributed by atoms with Crippen molar-refractivity contribution < 1.29 is 9.18 Å². The molecular weight excluding hydrogens is 167 g/mol. The largest absolute Gasteiger partial charge is 0.298 e. The van der Waals surface area contributed by atoms with E-state index in [-0.39, 0.29) is 5.82 Å². The van der Waals surface area contributed by atoms with Gasteiger partial charge in [-0.3, -0.25) is 4.79 Å². The molecule has 1 aromatic carbocycles. The van der Waals surface area contributed by atoms with Gasteiger partial charge < -0.3 is 0 Å². The van der Waals surface area contributed by atoms with Crippen LogP contribution in [0.2, 0.25) is 0 Å². The van der Waals surface area contributed by atoms with Crippen molar-refractivity contribution in [3.05, 3.63) is 41.2 Å². The maximum Gasteiger partial charge on any atom is 0.150 e. The highest BCUT2D eigenvalue weighted by atomic mass is 19.1. The van der Waals surface area contributed by atoms with Crippen molar-refractivity contribution in [3.63, 3.8) is 0 Å². The second-order valence-corrected chi connectivity index (χ2v) is 3.09. The lowest BCUT2D eigenvalue weighted by Gasteiger charge is -2.05. The van der Waals surface area contributed by atoms with Gasteiger partial charge in [-0.25, -0.2) is 4.39 Å². The van der Waals surface area contributed by atoms with Crippen molar-refractivity contribution in [3.8, 4) is 0 Å². The molecule has 0 saturated carbocycles. The van der Waals surface area contributed by atoms with Gasteiger partial charge in [0.2, 0.25) is 0 Å². The van der Waals surface area contributed by atoms with E-state index in [1.165, 1.54) is 6.07 Å².